The minimum atomic E-state index is 0.189. The van der Waals surface area contributed by atoms with E-state index in [-0.39, 0.29) is 5.78 Å². The van der Waals surface area contributed by atoms with Crippen molar-refractivity contribution in [3.63, 3.8) is 0 Å². The van der Waals surface area contributed by atoms with E-state index in [1.54, 1.807) is 14.0 Å². The van der Waals surface area contributed by atoms with Crippen LogP contribution >= 0.6 is 0 Å². The van der Waals surface area contributed by atoms with E-state index in [1.165, 1.54) is 0 Å². The van der Waals surface area contributed by atoms with Crippen LogP contribution in [-0.4, -0.2) is 22.4 Å². The minimum absolute atomic E-state index is 0.189. The Morgan fingerprint density at radius 2 is 2.24 bits per heavy atom. The lowest BCUT2D eigenvalue weighted by molar-refractivity contribution is -0.117. The predicted molar refractivity (Wildman–Crippen MR) is 66.3 cm³/mol. The summed E-state index contributed by atoms with van der Waals surface area (Å²) in [6.07, 6.45) is 1.22. The zero-order valence-corrected chi connectivity index (χ0v) is 10.4. The molecule has 0 aliphatic rings. The van der Waals surface area contributed by atoms with Gasteiger partial charge in [0, 0.05) is 26.0 Å². The molecule has 0 amide bonds. The third-order valence-corrected chi connectivity index (χ3v) is 2.88. The lowest BCUT2D eigenvalue weighted by atomic mass is 10.2. The molecule has 1 aromatic heterocycles. The Hall–Kier alpha value is -1.84. The van der Waals surface area contributed by atoms with E-state index in [2.05, 4.69) is 4.98 Å². The van der Waals surface area contributed by atoms with Crippen LogP contribution in [0.4, 0.5) is 0 Å². The number of hydrogen-bond donors (Lipinski definition) is 0. The standard InChI is InChI=1S/C13H16N2O2/c1-9(16)4-7-13-14-11-8-10(17-3)5-6-12(11)15(13)2/h5-6,8H,4,7H2,1-3H3. The molecule has 1 heterocycles. The molecule has 0 saturated carbocycles. The van der Waals surface area contributed by atoms with E-state index in [0.717, 1.165) is 22.6 Å². The van der Waals surface area contributed by atoms with Crippen LogP contribution in [0.3, 0.4) is 0 Å². The monoisotopic (exact) mass is 232 g/mol. The van der Waals surface area contributed by atoms with E-state index in [4.69, 9.17) is 4.74 Å². The first-order valence-electron chi connectivity index (χ1n) is 5.60. The van der Waals surface area contributed by atoms with Gasteiger partial charge < -0.3 is 14.1 Å². The van der Waals surface area contributed by atoms with Crippen molar-refractivity contribution in [3.8, 4) is 5.75 Å². The number of benzene rings is 1. The minimum Gasteiger partial charge on any atom is -0.497 e. The van der Waals surface area contributed by atoms with E-state index < -0.39 is 0 Å². The van der Waals surface area contributed by atoms with Crippen molar-refractivity contribution in [2.24, 2.45) is 7.05 Å². The molecule has 0 radical (unpaired) electrons. The van der Waals surface area contributed by atoms with Gasteiger partial charge in [0.2, 0.25) is 0 Å². The van der Waals surface area contributed by atoms with E-state index >= 15 is 0 Å². The van der Waals surface area contributed by atoms with Crippen LogP contribution in [0.15, 0.2) is 18.2 Å². The number of Topliss-reactive ketones (excluding diaryl/α,β-unsaturated/α-hetero) is 1. The number of nitrogens with zero attached hydrogens (tertiary/aromatic N) is 2. The maximum Gasteiger partial charge on any atom is 0.130 e. The highest BCUT2D eigenvalue weighted by atomic mass is 16.5. The highest BCUT2D eigenvalue weighted by Crippen LogP contribution is 2.21. The van der Waals surface area contributed by atoms with Gasteiger partial charge in [-0.3, -0.25) is 0 Å². The van der Waals surface area contributed by atoms with Crippen molar-refractivity contribution in [3.05, 3.63) is 24.0 Å². The normalized spacial score (nSPS) is 10.8. The van der Waals surface area contributed by atoms with Crippen LogP contribution < -0.4 is 4.74 Å². The molecule has 0 aliphatic heterocycles. The number of hydrogen-bond acceptors (Lipinski definition) is 3. The second-order valence-electron chi connectivity index (χ2n) is 4.14. The number of fused-ring (bicyclic) bond motifs is 1. The quantitative estimate of drug-likeness (QED) is 0.810. The summed E-state index contributed by atoms with van der Waals surface area (Å²) in [6, 6.07) is 5.81. The molecule has 0 fully saturated rings. The topological polar surface area (TPSA) is 44.1 Å². The Balaban J connectivity index is 2.38. The zero-order chi connectivity index (χ0) is 12.4. The van der Waals surface area contributed by atoms with Crippen LogP contribution in [0.25, 0.3) is 11.0 Å². The summed E-state index contributed by atoms with van der Waals surface area (Å²) >= 11 is 0. The maximum absolute atomic E-state index is 11.0. The molecule has 4 heteroatoms. The number of aromatic nitrogens is 2. The fraction of sp³-hybridized carbons (Fsp3) is 0.385. The van der Waals surface area contributed by atoms with Crippen molar-refractivity contribution in [2.45, 2.75) is 19.8 Å². The number of ketones is 1. The fourth-order valence-corrected chi connectivity index (χ4v) is 1.87. The summed E-state index contributed by atoms with van der Waals surface area (Å²) in [5.41, 5.74) is 1.97. The van der Waals surface area contributed by atoms with Gasteiger partial charge in [-0.1, -0.05) is 0 Å². The number of ether oxygens (including phenoxy) is 1. The van der Waals surface area contributed by atoms with Crippen molar-refractivity contribution in [1.82, 2.24) is 9.55 Å². The highest BCUT2D eigenvalue weighted by Gasteiger charge is 2.09. The Bertz CT molecular complexity index is 558. The molecule has 0 spiro atoms. The van der Waals surface area contributed by atoms with Gasteiger partial charge in [0.05, 0.1) is 18.1 Å². The Labute approximate surface area is 100 Å². The van der Waals surface area contributed by atoms with E-state index in [9.17, 15) is 4.79 Å². The van der Waals surface area contributed by atoms with E-state index in [0.29, 0.717) is 12.8 Å². The van der Waals surface area contributed by atoms with Crippen LogP contribution in [-0.2, 0) is 18.3 Å². The van der Waals surface area contributed by atoms with E-state index in [1.807, 2.05) is 29.8 Å². The van der Waals surface area contributed by atoms with Crippen molar-refractivity contribution in [1.29, 1.82) is 0 Å². The van der Waals surface area contributed by atoms with Crippen molar-refractivity contribution in [2.75, 3.05) is 7.11 Å². The average molecular weight is 232 g/mol. The summed E-state index contributed by atoms with van der Waals surface area (Å²) in [5.74, 6) is 1.92. The molecule has 0 N–H and O–H groups in total. The second-order valence-corrected chi connectivity index (χ2v) is 4.14. The molecule has 0 unspecified atom stereocenters. The first-order valence-corrected chi connectivity index (χ1v) is 5.60. The third-order valence-electron chi connectivity index (χ3n) is 2.88. The molecule has 2 aromatic rings. The zero-order valence-electron chi connectivity index (χ0n) is 10.4. The second kappa shape index (κ2) is 4.57. The molecule has 1 aromatic carbocycles. The lowest BCUT2D eigenvalue weighted by Crippen LogP contribution is -2.01. The van der Waals surface area contributed by atoms with Crippen LogP contribution in [0.1, 0.15) is 19.2 Å². The molecule has 0 saturated heterocycles. The Morgan fingerprint density at radius 3 is 2.88 bits per heavy atom. The summed E-state index contributed by atoms with van der Waals surface area (Å²) in [6.45, 7) is 1.60. The van der Waals surface area contributed by atoms with Crippen LogP contribution in [0.5, 0.6) is 5.75 Å². The number of imidazole rings is 1. The van der Waals surface area contributed by atoms with Crippen LogP contribution in [0, 0.1) is 0 Å². The number of carbonyl (C=O) groups is 1. The number of methoxy groups -OCH3 is 1. The fourth-order valence-electron chi connectivity index (χ4n) is 1.87. The number of aryl methyl sites for hydroxylation is 2. The van der Waals surface area contributed by atoms with Crippen LogP contribution in [0.2, 0.25) is 0 Å². The van der Waals surface area contributed by atoms with Crippen molar-refractivity contribution >= 4 is 16.8 Å². The average Bonchev–Trinajstić information content (AvgIpc) is 2.63. The lowest BCUT2D eigenvalue weighted by Gasteiger charge is -2.01. The number of rotatable bonds is 4. The molecule has 0 atom stereocenters. The maximum atomic E-state index is 11.0. The number of carbonyl (C=O) groups excluding carboxylic acids is 1. The first kappa shape index (κ1) is 11.6. The summed E-state index contributed by atoms with van der Waals surface area (Å²) in [5, 5.41) is 0. The van der Waals surface area contributed by atoms with Gasteiger partial charge in [-0.15, -0.1) is 0 Å². The summed E-state index contributed by atoms with van der Waals surface area (Å²) in [4.78, 5) is 15.5. The first-order chi connectivity index (χ1) is 8.11. The van der Waals surface area contributed by atoms with Gasteiger partial charge in [-0.05, 0) is 19.1 Å². The molecule has 17 heavy (non-hydrogen) atoms. The largest absolute Gasteiger partial charge is 0.497 e. The molecule has 4 nitrogen and oxygen atoms in total. The highest BCUT2D eigenvalue weighted by molar-refractivity contribution is 5.78. The van der Waals surface area contributed by atoms with Gasteiger partial charge in [0.1, 0.15) is 17.4 Å². The molecular weight excluding hydrogens is 216 g/mol. The van der Waals surface area contributed by atoms with Crippen molar-refractivity contribution < 1.29 is 9.53 Å². The molecule has 2 rings (SSSR count). The molecule has 0 bridgehead atoms. The molecular formula is C13H16N2O2. The third kappa shape index (κ3) is 2.30. The van der Waals surface area contributed by atoms with Gasteiger partial charge in [0.15, 0.2) is 0 Å². The van der Waals surface area contributed by atoms with Gasteiger partial charge in [0.25, 0.3) is 0 Å². The van der Waals surface area contributed by atoms with Gasteiger partial charge in [-0.2, -0.15) is 0 Å². The van der Waals surface area contributed by atoms with Gasteiger partial charge >= 0.3 is 0 Å². The predicted octanol–water partition coefficient (Wildman–Crippen LogP) is 2.10. The smallest absolute Gasteiger partial charge is 0.130 e. The molecule has 90 valence electrons. The summed E-state index contributed by atoms with van der Waals surface area (Å²) in [7, 11) is 3.61. The summed E-state index contributed by atoms with van der Waals surface area (Å²) < 4.78 is 7.19. The van der Waals surface area contributed by atoms with Gasteiger partial charge in [-0.25, -0.2) is 4.98 Å². The Morgan fingerprint density at radius 1 is 1.47 bits per heavy atom. The molecule has 0 aliphatic carbocycles. The SMILES string of the molecule is COc1ccc2c(c1)nc(CCC(C)=O)n2C. The Kier molecular flexibility index (Phi) is 3.13.